The maximum Gasteiger partial charge on any atom is 0.256 e. The van der Waals surface area contributed by atoms with Gasteiger partial charge in [0.1, 0.15) is 11.5 Å². The highest BCUT2D eigenvalue weighted by Gasteiger charge is 2.14. The van der Waals surface area contributed by atoms with Crippen molar-refractivity contribution in [3.63, 3.8) is 0 Å². The molecule has 3 aromatic carbocycles. The second kappa shape index (κ2) is 8.14. The maximum absolute atomic E-state index is 12.6. The van der Waals surface area contributed by atoms with Crippen molar-refractivity contribution in [1.82, 2.24) is 0 Å². The number of hydrogen-bond donors (Lipinski definition) is 2. The Morgan fingerprint density at radius 2 is 1.50 bits per heavy atom. The largest absolute Gasteiger partial charge is 0.457 e. The molecule has 0 aliphatic heterocycles. The predicted molar refractivity (Wildman–Crippen MR) is 111 cm³/mol. The highest BCUT2D eigenvalue weighted by molar-refractivity contribution is 7.92. The van der Waals surface area contributed by atoms with E-state index in [1.54, 1.807) is 49.4 Å². The smallest absolute Gasteiger partial charge is 0.256 e. The number of anilines is 2. The normalized spacial score (nSPS) is 10.9. The highest BCUT2D eigenvalue weighted by Crippen LogP contribution is 2.24. The minimum Gasteiger partial charge on any atom is -0.457 e. The van der Waals surface area contributed by atoms with E-state index in [-0.39, 0.29) is 5.91 Å². The summed E-state index contributed by atoms with van der Waals surface area (Å²) >= 11 is 0. The van der Waals surface area contributed by atoms with Crippen molar-refractivity contribution in [2.75, 3.05) is 16.3 Å². The molecule has 0 atom stereocenters. The zero-order valence-electron chi connectivity index (χ0n) is 15.5. The quantitative estimate of drug-likeness (QED) is 0.646. The molecule has 28 heavy (non-hydrogen) atoms. The lowest BCUT2D eigenvalue weighted by molar-refractivity contribution is 0.102. The molecule has 7 heteroatoms. The van der Waals surface area contributed by atoms with Gasteiger partial charge in [-0.25, -0.2) is 8.42 Å². The summed E-state index contributed by atoms with van der Waals surface area (Å²) in [7, 11) is -3.43. The van der Waals surface area contributed by atoms with Crippen LogP contribution in [0.3, 0.4) is 0 Å². The second-order valence-electron chi connectivity index (χ2n) is 6.25. The van der Waals surface area contributed by atoms with Gasteiger partial charge in [-0.05, 0) is 61.0 Å². The van der Waals surface area contributed by atoms with Gasteiger partial charge in [0.25, 0.3) is 5.91 Å². The summed E-state index contributed by atoms with van der Waals surface area (Å²) in [5, 5.41) is 2.81. The van der Waals surface area contributed by atoms with Crippen LogP contribution in [0, 0.1) is 6.92 Å². The molecule has 0 aliphatic carbocycles. The number of para-hydroxylation sites is 1. The van der Waals surface area contributed by atoms with E-state index in [2.05, 4.69) is 10.0 Å². The topological polar surface area (TPSA) is 84.5 Å². The van der Waals surface area contributed by atoms with Crippen LogP contribution in [0.1, 0.15) is 15.9 Å². The van der Waals surface area contributed by atoms with E-state index in [0.29, 0.717) is 28.3 Å². The lowest BCUT2D eigenvalue weighted by Crippen LogP contribution is -2.16. The number of hydrogen-bond acceptors (Lipinski definition) is 4. The number of nitrogens with one attached hydrogen (secondary N) is 2. The number of sulfonamides is 1. The van der Waals surface area contributed by atoms with Crippen LogP contribution < -0.4 is 14.8 Å². The summed E-state index contributed by atoms with van der Waals surface area (Å²) in [6, 6.07) is 21.3. The fourth-order valence-electron chi connectivity index (χ4n) is 2.62. The Hall–Kier alpha value is -3.32. The van der Waals surface area contributed by atoms with Crippen molar-refractivity contribution in [1.29, 1.82) is 0 Å². The van der Waals surface area contributed by atoms with Crippen LogP contribution >= 0.6 is 0 Å². The van der Waals surface area contributed by atoms with E-state index >= 15 is 0 Å². The Morgan fingerprint density at radius 3 is 2.14 bits per heavy atom. The van der Waals surface area contributed by atoms with E-state index in [1.165, 1.54) is 0 Å². The summed E-state index contributed by atoms with van der Waals surface area (Å²) in [5.41, 5.74) is 1.92. The zero-order chi connectivity index (χ0) is 20.1. The molecule has 3 aromatic rings. The van der Waals surface area contributed by atoms with Crippen LogP contribution in [-0.2, 0) is 10.0 Å². The zero-order valence-corrected chi connectivity index (χ0v) is 16.3. The Morgan fingerprint density at radius 1 is 0.857 bits per heavy atom. The average molecular weight is 396 g/mol. The highest BCUT2D eigenvalue weighted by atomic mass is 32.2. The number of ether oxygens (including phenoxy) is 1. The molecule has 0 saturated carbocycles. The van der Waals surface area contributed by atoms with Gasteiger partial charge in [-0.3, -0.25) is 9.52 Å². The van der Waals surface area contributed by atoms with Gasteiger partial charge in [-0.15, -0.1) is 0 Å². The molecule has 0 spiro atoms. The standard InChI is InChI=1S/C21H20N2O4S/c1-15-19(9-6-10-20(15)23-28(2,25)26)21(24)22-16-11-13-18(14-12-16)27-17-7-4-3-5-8-17/h3-14,23H,1-2H3,(H,22,24). The van der Waals surface area contributed by atoms with Gasteiger partial charge in [0.05, 0.1) is 11.9 Å². The molecule has 0 aliphatic rings. The first-order chi connectivity index (χ1) is 13.3. The van der Waals surface area contributed by atoms with Gasteiger partial charge < -0.3 is 10.1 Å². The molecule has 2 N–H and O–H groups in total. The molecule has 0 fully saturated rings. The SMILES string of the molecule is Cc1c(NS(C)(=O)=O)cccc1C(=O)Nc1ccc(Oc2ccccc2)cc1. The van der Waals surface area contributed by atoms with Crippen molar-refractivity contribution >= 4 is 27.3 Å². The second-order valence-corrected chi connectivity index (χ2v) is 7.99. The van der Waals surface area contributed by atoms with Gasteiger partial charge in [0.15, 0.2) is 0 Å². The Labute approximate surface area is 164 Å². The van der Waals surface area contributed by atoms with Crippen molar-refractivity contribution in [3.8, 4) is 11.5 Å². The summed E-state index contributed by atoms with van der Waals surface area (Å²) in [4.78, 5) is 12.6. The van der Waals surface area contributed by atoms with Crippen molar-refractivity contribution in [2.24, 2.45) is 0 Å². The van der Waals surface area contributed by atoms with E-state index in [9.17, 15) is 13.2 Å². The number of benzene rings is 3. The molecule has 6 nitrogen and oxygen atoms in total. The number of carbonyl (C=O) groups excluding carboxylic acids is 1. The van der Waals surface area contributed by atoms with E-state index in [0.717, 1.165) is 12.0 Å². The third-order valence-electron chi connectivity index (χ3n) is 3.96. The monoisotopic (exact) mass is 396 g/mol. The lowest BCUT2D eigenvalue weighted by Gasteiger charge is -2.13. The minimum atomic E-state index is -3.43. The van der Waals surface area contributed by atoms with Gasteiger partial charge in [-0.2, -0.15) is 0 Å². The first-order valence-corrected chi connectivity index (χ1v) is 10.4. The van der Waals surface area contributed by atoms with Crippen molar-refractivity contribution in [3.05, 3.63) is 83.9 Å². The molecule has 3 rings (SSSR count). The molecule has 144 valence electrons. The average Bonchev–Trinajstić information content (AvgIpc) is 2.65. The third kappa shape index (κ3) is 5.11. The first kappa shape index (κ1) is 19.4. The molecule has 0 aromatic heterocycles. The van der Waals surface area contributed by atoms with Crippen LogP contribution in [-0.4, -0.2) is 20.6 Å². The van der Waals surface area contributed by atoms with Crippen LogP contribution in [0.5, 0.6) is 11.5 Å². The van der Waals surface area contributed by atoms with Crippen LogP contribution in [0.25, 0.3) is 0 Å². The van der Waals surface area contributed by atoms with Crippen LogP contribution in [0.4, 0.5) is 11.4 Å². The Bertz CT molecular complexity index is 1080. The van der Waals surface area contributed by atoms with Crippen LogP contribution in [0.15, 0.2) is 72.8 Å². The molecule has 1 amide bonds. The van der Waals surface area contributed by atoms with Gasteiger partial charge in [0.2, 0.25) is 10.0 Å². The Kier molecular flexibility index (Phi) is 5.65. The number of carbonyl (C=O) groups is 1. The molecular formula is C21H20N2O4S. The van der Waals surface area contributed by atoms with Crippen molar-refractivity contribution in [2.45, 2.75) is 6.92 Å². The Balaban J connectivity index is 1.72. The lowest BCUT2D eigenvalue weighted by atomic mass is 10.1. The number of rotatable bonds is 6. The summed E-state index contributed by atoms with van der Waals surface area (Å²) in [6.07, 6.45) is 1.07. The third-order valence-corrected chi connectivity index (χ3v) is 4.56. The molecule has 0 saturated heterocycles. The summed E-state index contributed by atoms with van der Waals surface area (Å²) in [6.45, 7) is 1.69. The van der Waals surface area contributed by atoms with Crippen LogP contribution in [0.2, 0.25) is 0 Å². The molecule has 0 bridgehead atoms. The van der Waals surface area contributed by atoms with E-state index in [4.69, 9.17) is 4.74 Å². The summed E-state index contributed by atoms with van der Waals surface area (Å²) in [5.74, 6) is 1.05. The van der Waals surface area contributed by atoms with Gasteiger partial charge in [0, 0.05) is 11.3 Å². The fourth-order valence-corrected chi connectivity index (χ4v) is 3.24. The first-order valence-electron chi connectivity index (χ1n) is 8.53. The van der Waals surface area contributed by atoms with Gasteiger partial charge in [-0.1, -0.05) is 24.3 Å². The fraction of sp³-hybridized carbons (Fsp3) is 0.0952. The minimum absolute atomic E-state index is 0.327. The molecular weight excluding hydrogens is 376 g/mol. The van der Waals surface area contributed by atoms with E-state index < -0.39 is 10.0 Å². The van der Waals surface area contributed by atoms with Gasteiger partial charge >= 0.3 is 0 Å². The number of amides is 1. The predicted octanol–water partition coefficient (Wildman–Crippen LogP) is 4.41. The van der Waals surface area contributed by atoms with Crippen molar-refractivity contribution < 1.29 is 17.9 Å². The van der Waals surface area contributed by atoms with E-state index in [1.807, 2.05) is 30.3 Å². The molecule has 0 heterocycles. The maximum atomic E-state index is 12.6. The molecule has 0 radical (unpaired) electrons. The summed E-state index contributed by atoms with van der Waals surface area (Å²) < 4.78 is 31.1. The molecule has 0 unspecified atom stereocenters.